The summed E-state index contributed by atoms with van der Waals surface area (Å²) < 4.78 is 6.98. The van der Waals surface area contributed by atoms with Gasteiger partial charge in [-0.2, -0.15) is 0 Å². The monoisotopic (exact) mass is 354 g/mol. The Morgan fingerprint density at radius 2 is 2.13 bits per heavy atom. The number of imidazole rings is 1. The van der Waals surface area contributed by atoms with Crippen LogP contribution in [0.4, 0.5) is 0 Å². The van der Waals surface area contributed by atoms with E-state index in [0.717, 1.165) is 17.3 Å². The molecule has 5 nitrogen and oxygen atoms in total. The van der Waals surface area contributed by atoms with Crippen LogP contribution in [-0.2, 0) is 17.9 Å². The minimum Gasteiger partial charge on any atom is -0.390 e. The topological polar surface area (TPSA) is 64.3 Å². The number of ketones is 1. The SMILES string of the molecule is COCCCn1c(CO)cnc1SCC(=O)c1ccc(Cl)cc1. The summed E-state index contributed by atoms with van der Waals surface area (Å²) in [5.41, 5.74) is 1.37. The fourth-order valence-corrected chi connectivity index (χ4v) is 3.13. The molecule has 0 aliphatic rings. The zero-order chi connectivity index (χ0) is 16.7. The average Bonchev–Trinajstić information content (AvgIpc) is 2.95. The van der Waals surface area contributed by atoms with Gasteiger partial charge in [0.15, 0.2) is 10.9 Å². The molecule has 0 unspecified atom stereocenters. The maximum Gasteiger partial charge on any atom is 0.173 e. The number of methoxy groups -OCH3 is 1. The zero-order valence-electron chi connectivity index (χ0n) is 12.9. The van der Waals surface area contributed by atoms with Crippen LogP contribution in [0.5, 0.6) is 0 Å². The van der Waals surface area contributed by atoms with Crippen LogP contribution in [0.25, 0.3) is 0 Å². The van der Waals surface area contributed by atoms with E-state index in [-0.39, 0.29) is 18.1 Å². The van der Waals surface area contributed by atoms with E-state index in [1.54, 1.807) is 37.6 Å². The largest absolute Gasteiger partial charge is 0.390 e. The molecule has 0 radical (unpaired) electrons. The molecule has 1 aromatic heterocycles. The zero-order valence-corrected chi connectivity index (χ0v) is 14.4. The van der Waals surface area contributed by atoms with Crippen LogP contribution in [0.2, 0.25) is 5.02 Å². The number of halogens is 1. The van der Waals surface area contributed by atoms with Crippen molar-refractivity contribution < 1.29 is 14.6 Å². The third kappa shape index (κ3) is 5.07. The van der Waals surface area contributed by atoms with Crippen LogP contribution in [0.15, 0.2) is 35.6 Å². The van der Waals surface area contributed by atoms with Gasteiger partial charge in [-0.05, 0) is 30.7 Å². The van der Waals surface area contributed by atoms with Crippen molar-refractivity contribution in [2.24, 2.45) is 0 Å². The summed E-state index contributed by atoms with van der Waals surface area (Å²) in [7, 11) is 1.65. The predicted molar refractivity (Wildman–Crippen MR) is 91.1 cm³/mol. The van der Waals surface area contributed by atoms with E-state index in [9.17, 15) is 9.90 Å². The van der Waals surface area contributed by atoms with Crippen LogP contribution < -0.4 is 0 Å². The maximum absolute atomic E-state index is 12.2. The molecule has 0 fully saturated rings. The third-order valence-corrected chi connectivity index (χ3v) is 4.53. The number of Topliss-reactive ketones (excluding diaryl/α,β-unsaturated/α-hetero) is 1. The number of ether oxygens (including phenoxy) is 1. The number of carbonyl (C=O) groups excluding carboxylic acids is 1. The lowest BCUT2D eigenvalue weighted by atomic mass is 10.1. The third-order valence-electron chi connectivity index (χ3n) is 3.29. The second-order valence-corrected chi connectivity index (χ2v) is 6.29. The molecule has 0 saturated heterocycles. The predicted octanol–water partition coefficient (Wildman–Crippen LogP) is 3.04. The number of hydrogen-bond donors (Lipinski definition) is 1. The Kier molecular flexibility index (Phi) is 7.11. The number of aliphatic hydroxyl groups excluding tert-OH is 1. The molecule has 0 aliphatic carbocycles. The van der Waals surface area contributed by atoms with Crippen LogP contribution >= 0.6 is 23.4 Å². The molecule has 7 heteroatoms. The number of benzene rings is 1. The first kappa shape index (κ1) is 18.0. The van der Waals surface area contributed by atoms with Crippen molar-refractivity contribution in [1.82, 2.24) is 9.55 Å². The van der Waals surface area contributed by atoms with E-state index in [4.69, 9.17) is 16.3 Å². The van der Waals surface area contributed by atoms with E-state index in [2.05, 4.69) is 4.98 Å². The van der Waals surface area contributed by atoms with Gasteiger partial charge in [-0.25, -0.2) is 4.98 Å². The lowest BCUT2D eigenvalue weighted by Gasteiger charge is -2.10. The van der Waals surface area contributed by atoms with Gasteiger partial charge in [0, 0.05) is 30.8 Å². The molecule has 0 amide bonds. The second kappa shape index (κ2) is 9.08. The number of carbonyl (C=O) groups is 1. The van der Waals surface area contributed by atoms with Crippen LogP contribution in [0, 0.1) is 0 Å². The first-order valence-corrected chi connectivity index (χ1v) is 8.58. The molecule has 23 heavy (non-hydrogen) atoms. The molecule has 0 atom stereocenters. The molecule has 1 N–H and O–H groups in total. The molecule has 124 valence electrons. The van der Waals surface area contributed by atoms with E-state index in [1.165, 1.54) is 11.8 Å². The standard InChI is InChI=1S/C16H19ClN2O3S/c1-22-8-2-7-19-14(10-20)9-18-16(19)23-11-15(21)12-3-5-13(17)6-4-12/h3-6,9,20H,2,7-8,10-11H2,1H3. The smallest absolute Gasteiger partial charge is 0.173 e. The van der Waals surface area contributed by atoms with Gasteiger partial charge in [-0.1, -0.05) is 23.4 Å². The molecule has 1 heterocycles. The Morgan fingerprint density at radius 3 is 2.78 bits per heavy atom. The summed E-state index contributed by atoms with van der Waals surface area (Å²) in [5, 5.41) is 10.7. The fourth-order valence-electron chi connectivity index (χ4n) is 2.09. The molecular formula is C16H19ClN2O3S. The highest BCUT2D eigenvalue weighted by atomic mass is 35.5. The van der Waals surface area contributed by atoms with E-state index < -0.39 is 0 Å². The highest BCUT2D eigenvalue weighted by molar-refractivity contribution is 7.99. The van der Waals surface area contributed by atoms with Crippen molar-refractivity contribution in [1.29, 1.82) is 0 Å². The van der Waals surface area contributed by atoms with E-state index >= 15 is 0 Å². The number of aliphatic hydroxyl groups is 1. The van der Waals surface area contributed by atoms with Crippen molar-refractivity contribution in [3.05, 3.63) is 46.7 Å². The molecule has 2 rings (SSSR count). The van der Waals surface area contributed by atoms with Crippen LogP contribution in [0.3, 0.4) is 0 Å². The highest BCUT2D eigenvalue weighted by Crippen LogP contribution is 2.21. The molecule has 1 aromatic carbocycles. The van der Waals surface area contributed by atoms with E-state index in [0.29, 0.717) is 23.7 Å². The summed E-state index contributed by atoms with van der Waals surface area (Å²) in [4.78, 5) is 16.5. The highest BCUT2D eigenvalue weighted by Gasteiger charge is 2.13. The fraction of sp³-hybridized carbons (Fsp3) is 0.375. The number of nitrogens with zero attached hydrogens (tertiary/aromatic N) is 2. The summed E-state index contributed by atoms with van der Waals surface area (Å²) in [6.45, 7) is 1.25. The lowest BCUT2D eigenvalue weighted by Crippen LogP contribution is -2.08. The van der Waals surface area contributed by atoms with Crippen molar-refractivity contribution in [2.45, 2.75) is 24.7 Å². The van der Waals surface area contributed by atoms with Gasteiger partial charge in [0.05, 0.1) is 24.3 Å². The first-order chi connectivity index (χ1) is 11.2. The number of rotatable bonds is 9. The Morgan fingerprint density at radius 1 is 1.39 bits per heavy atom. The molecule has 2 aromatic rings. The van der Waals surface area contributed by atoms with Crippen molar-refractivity contribution in [2.75, 3.05) is 19.5 Å². The Hall–Kier alpha value is -1.34. The number of hydrogen-bond acceptors (Lipinski definition) is 5. The van der Waals surface area contributed by atoms with Gasteiger partial charge in [-0.15, -0.1) is 0 Å². The summed E-state index contributed by atoms with van der Waals surface area (Å²) in [6.07, 6.45) is 2.46. The minimum absolute atomic E-state index is 0.0173. The van der Waals surface area contributed by atoms with Crippen LogP contribution in [0.1, 0.15) is 22.5 Å². The molecular weight excluding hydrogens is 336 g/mol. The summed E-state index contributed by atoms with van der Waals surface area (Å²) in [6, 6.07) is 6.84. The number of thioether (sulfide) groups is 1. The number of aromatic nitrogens is 2. The second-order valence-electron chi connectivity index (χ2n) is 4.91. The maximum atomic E-state index is 12.2. The molecule has 0 aliphatic heterocycles. The van der Waals surface area contributed by atoms with Crippen molar-refractivity contribution in [3.8, 4) is 0 Å². The Bertz CT molecular complexity index is 643. The summed E-state index contributed by atoms with van der Waals surface area (Å²) in [5.74, 6) is 0.303. The molecule has 0 bridgehead atoms. The van der Waals surface area contributed by atoms with Crippen molar-refractivity contribution in [3.63, 3.8) is 0 Å². The van der Waals surface area contributed by atoms with Crippen LogP contribution in [-0.4, -0.2) is 39.9 Å². The summed E-state index contributed by atoms with van der Waals surface area (Å²) >= 11 is 7.19. The van der Waals surface area contributed by atoms with Gasteiger partial charge >= 0.3 is 0 Å². The van der Waals surface area contributed by atoms with Gasteiger partial charge in [0.25, 0.3) is 0 Å². The lowest BCUT2D eigenvalue weighted by molar-refractivity contribution is 0.102. The van der Waals surface area contributed by atoms with Gasteiger partial charge in [0.1, 0.15) is 0 Å². The van der Waals surface area contributed by atoms with Gasteiger partial charge < -0.3 is 14.4 Å². The normalized spacial score (nSPS) is 10.9. The molecule has 0 saturated carbocycles. The van der Waals surface area contributed by atoms with Gasteiger partial charge in [0.2, 0.25) is 0 Å². The average molecular weight is 355 g/mol. The van der Waals surface area contributed by atoms with Crippen molar-refractivity contribution >= 4 is 29.1 Å². The van der Waals surface area contributed by atoms with Gasteiger partial charge in [-0.3, -0.25) is 4.79 Å². The minimum atomic E-state index is -0.0777. The quantitative estimate of drug-likeness (QED) is 0.426. The Balaban J connectivity index is 2.00. The Labute approximate surface area is 144 Å². The molecule has 0 spiro atoms. The first-order valence-electron chi connectivity index (χ1n) is 7.21. The van der Waals surface area contributed by atoms with E-state index in [1.807, 2.05) is 4.57 Å².